The SMILES string of the molecule is CCCCCCCCCCCCCCCCNC1(CCC)CCCCC1CCC.O. The van der Waals surface area contributed by atoms with Crippen LogP contribution in [0.3, 0.4) is 0 Å². The Balaban J connectivity index is 0.00000841. The quantitative estimate of drug-likeness (QED) is 0.195. The van der Waals surface area contributed by atoms with E-state index in [0.29, 0.717) is 5.54 Å². The number of hydrogen-bond donors (Lipinski definition) is 1. The predicted molar refractivity (Wildman–Crippen MR) is 136 cm³/mol. The molecular weight excluding hydrogens is 366 g/mol. The fourth-order valence-corrected chi connectivity index (χ4v) is 5.83. The molecule has 0 spiro atoms. The first-order valence-electron chi connectivity index (χ1n) is 14.0. The fraction of sp³-hybridized carbons (Fsp3) is 1.00. The number of nitrogens with one attached hydrogen (secondary N) is 1. The molecule has 2 unspecified atom stereocenters. The highest BCUT2D eigenvalue weighted by molar-refractivity contribution is 4.96. The van der Waals surface area contributed by atoms with Gasteiger partial charge in [0.25, 0.3) is 0 Å². The summed E-state index contributed by atoms with van der Waals surface area (Å²) in [5.41, 5.74) is 0.486. The highest BCUT2D eigenvalue weighted by Gasteiger charge is 2.38. The summed E-state index contributed by atoms with van der Waals surface area (Å²) in [7, 11) is 0. The second kappa shape index (κ2) is 20.8. The van der Waals surface area contributed by atoms with Crippen LogP contribution in [-0.4, -0.2) is 17.6 Å². The average molecular weight is 426 g/mol. The van der Waals surface area contributed by atoms with Crippen molar-refractivity contribution in [3.8, 4) is 0 Å². The van der Waals surface area contributed by atoms with E-state index in [1.807, 2.05) is 0 Å². The number of unbranched alkanes of at least 4 members (excludes halogenated alkanes) is 13. The maximum Gasteiger partial charge on any atom is 0.0209 e. The van der Waals surface area contributed by atoms with E-state index in [0.717, 1.165) is 5.92 Å². The Kier molecular flexibility index (Phi) is 20.7. The normalized spacial score (nSPS) is 21.5. The van der Waals surface area contributed by atoms with Gasteiger partial charge >= 0.3 is 0 Å². The van der Waals surface area contributed by atoms with Crippen molar-refractivity contribution in [2.45, 2.75) is 168 Å². The summed E-state index contributed by atoms with van der Waals surface area (Å²) in [5, 5.41) is 4.11. The van der Waals surface area contributed by atoms with Gasteiger partial charge in [-0.25, -0.2) is 0 Å². The van der Waals surface area contributed by atoms with Gasteiger partial charge in [-0.2, -0.15) is 0 Å². The van der Waals surface area contributed by atoms with E-state index in [4.69, 9.17) is 0 Å². The van der Waals surface area contributed by atoms with Gasteiger partial charge in [-0.1, -0.05) is 130 Å². The average Bonchev–Trinajstić information content (AvgIpc) is 2.73. The van der Waals surface area contributed by atoms with Gasteiger partial charge in [-0.3, -0.25) is 0 Å². The zero-order chi connectivity index (χ0) is 21.0. The van der Waals surface area contributed by atoms with Crippen LogP contribution in [0.5, 0.6) is 0 Å². The van der Waals surface area contributed by atoms with Gasteiger partial charge in [0.1, 0.15) is 0 Å². The predicted octanol–water partition coefficient (Wildman–Crippen LogP) is 8.76. The van der Waals surface area contributed by atoms with Crippen LogP contribution in [0.4, 0.5) is 0 Å². The zero-order valence-corrected chi connectivity index (χ0v) is 21.3. The van der Waals surface area contributed by atoms with Gasteiger partial charge in [-0.15, -0.1) is 0 Å². The Morgan fingerprint density at radius 2 is 1.17 bits per heavy atom. The van der Waals surface area contributed by atoms with Crippen LogP contribution in [0.1, 0.15) is 162 Å². The molecule has 0 aromatic rings. The first-order chi connectivity index (χ1) is 14.3. The lowest BCUT2D eigenvalue weighted by Gasteiger charge is -2.46. The lowest BCUT2D eigenvalue weighted by molar-refractivity contribution is 0.119. The molecule has 0 amide bonds. The van der Waals surface area contributed by atoms with Crippen molar-refractivity contribution in [2.24, 2.45) is 5.92 Å². The molecule has 0 aromatic carbocycles. The maximum atomic E-state index is 4.11. The third-order valence-corrected chi connectivity index (χ3v) is 7.55. The van der Waals surface area contributed by atoms with E-state index < -0.39 is 0 Å². The molecule has 2 nitrogen and oxygen atoms in total. The summed E-state index contributed by atoms with van der Waals surface area (Å²) in [4.78, 5) is 0. The third kappa shape index (κ3) is 13.4. The number of hydrogen-bond acceptors (Lipinski definition) is 1. The van der Waals surface area contributed by atoms with Crippen LogP contribution in [0.15, 0.2) is 0 Å². The molecule has 30 heavy (non-hydrogen) atoms. The Bertz CT molecular complexity index is 340. The van der Waals surface area contributed by atoms with Crippen LogP contribution in [0.25, 0.3) is 0 Å². The Morgan fingerprint density at radius 1 is 0.633 bits per heavy atom. The van der Waals surface area contributed by atoms with Gasteiger partial charge in [0.05, 0.1) is 0 Å². The second-order valence-corrected chi connectivity index (χ2v) is 10.2. The van der Waals surface area contributed by atoms with Crippen LogP contribution >= 0.6 is 0 Å². The zero-order valence-electron chi connectivity index (χ0n) is 21.3. The van der Waals surface area contributed by atoms with Crippen molar-refractivity contribution in [3.05, 3.63) is 0 Å². The molecule has 1 saturated carbocycles. The summed E-state index contributed by atoms with van der Waals surface area (Å²) in [6.45, 7) is 8.32. The number of rotatable bonds is 20. The summed E-state index contributed by atoms with van der Waals surface area (Å²) in [6, 6.07) is 0. The van der Waals surface area contributed by atoms with Crippen LogP contribution in [0.2, 0.25) is 0 Å². The second-order valence-electron chi connectivity index (χ2n) is 10.2. The van der Waals surface area contributed by atoms with Gasteiger partial charge < -0.3 is 10.8 Å². The molecule has 1 aliphatic carbocycles. The summed E-state index contributed by atoms with van der Waals surface area (Å²) in [6.07, 6.45) is 31.7. The molecule has 0 bridgehead atoms. The molecule has 3 N–H and O–H groups in total. The molecule has 2 atom stereocenters. The van der Waals surface area contributed by atoms with Crippen LogP contribution in [0, 0.1) is 5.92 Å². The Morgan fingerprint density at radius 3 is 1.67 bits per heavy atom. The molecule has 1 rings (SSSR count). The topological polar surface area (TPSA) is 43.5 Å². The van der Waals surface area contributed by atoms with Crippen molar-refractivity contribution >= 4 is 0 Å². The molecule has 0 saturated heterocycles. The third-order valence-electron chi connectivity index (χ3n) is 7.55. The van der Waals surface area contributed by atoms with Gasteiger partial charge in [0, 0.05) is 5.54 Å². The summed E-state index contributed by atoms with van der Waals surface area (Å²) in [5.74, 6) is 0.938. The molecule has 1 aliphatic rings. The summed E-state index contributed by atoms with van der Waals surface area (Å²) >= 11 is 0. The minimum absolute atomic E-state index is 0. The van der Waals surface area contributed by atoms with E-state index in [9.17, 15) is 0 Å². The maximum absolute atomic E-state index is 4.11. The minimum atomic E-state index is 0. The van der Waals surface area contributed by atoms with Crippen molar-refractivity contribution in [1.29, 1.82) is 0 Å². The monoisotopic (exact) mass is 425 g/mol. The molecule has 2 heteroatoms. The minimum Gasteiger partial charge on any atom is -0.412 e. The Hall–Kier alpha value is -0.0800. The van der Waals surface area contributed by atoms with Crippen molar-refractivity contribution < 1.29 is 5.48 Å². The molecule has 0 heterocycles. The van der Waals surface area contributed by atoms with Crippen molar-refractivity contribution in [2.75, 3.05) is 6.54 Å². The van der Waals surface area contributed by atoms with Crippen molar-refractivity contribution in [3.63, 3.8) is 0 Å². The highest BCUT2D eigenvalue weighted by atomic mass is 16.0. The van der Waals surface area contributed by atoms with E-state index in [1.165, 1.54) is 148 Å². The lowest BCUT2D eigenvalue weighted by Crippen LogP contribution is -2.53. The molecular formula is C28H59NO. The molecule has 0 radical (unpaired) electrons. The largest absolute Gasteiger partial charge is 0.412 e. The van der Waals surface area contributed by atoms with E-state index in [2.05, 4.69) is 26.1 Å². The lowest BCUT2D eigenvalue weighted by atomic mass is 9.68. The van der Waals surface area contributed by atoms with Gasteiger partial charge in [0.2, 0.25) is 0 Å². The first-order valence-corrected chi connectivity index (χ1v) is 14.0. The van der Waals surface area contributed by atoms with E-state index in [1.54, 1.807) is 0 Å². The van der Waals surface area contributed by atoms with Crippen molar-refractivity contribution in [1.82, 2.24) is 5.32 Å². The van der Waals surface area contributed by atoms with E-state index >= 15 is 0 Å². The molecule has 1 fully saturated rings. The van der Waals surface area contributed by atoms with E-state index in [-0.39, 0.29) is 5.48 Å². The fourth-order valence-electron chi connectivity index (χ4n) is 5.83. The summed E-state index contributed by atoms with van der Waals surface area (Å²) < 4.78 is 0. The van der Waals surface area contributed by atoms with Crippen LogP contribution in [-0.2, 0) is 0 Å². The van der Waals surface area contributed by atoms with Gasteiger partial charge in [0.15, 0.2) is 0 Å². The molecule has 0 aliphatic heterocycles. The highest BCUT2D eigenvalue weighted by Crippen LogP contribution is 2.39. The Labute approximate surface area is 191 Å². The standard InChI is InChI=1S/C28H57N.H2O/c1-4-7-8-9-10-11-12-13-14-15-16-17-18-21-26-29-28(24-6-3)25-20-19-23-27(28)22-5-2;/h27,29H,4-26H2,1-3H3;1H2. The molecule has 0 aromatic heterocycles. The van der Waals surface area contributed by atoms with Crippen LogP contribution < -0.4 is 5.32 Å². The first kappa shape index (κ1) is 29.9. The van der Waals surface area contributed by atoms with Gasteiger partial charge in [-0.05, 0) is 44.6 Å². The smallest absolute Gasteiger partial charge is 0.0209 e. The molecule has 182 valence electrons.